The molecular formula is C22H21N3O2. The van der Waals surface area contributed by atoms with Crippen LogP contribution in [0.3, 0.4) is 0 Å². The van der Waals surface area contributed by atoms with Crippen LogP contribution < -0.4 is 11.0 Å². The fourth-order valence-electron chi connectivity index (χ4n) is 3.61. The lowest BCUT2D eigenvalue weighted by Gasteiger charge is -2.19. The van der Waals surface area contributed by atoms with E-state index in [2.05, 4.69) is 0 Å². The van der Waals surface area contributed by atoms with Gasteiger partial charge in [0.15, 0.2) is 5.65 Å². The Bertz CT molecular complexity index is 1310. The van der Waals surface area contributed by atoms with Gasteiger partial charge in [0, 0.05) is 18.4 Å². The maximum atomic E-state index is 13.5. The van der Waals surface area contributed by atoms with Crippen molar-refractivity contribution in [1.82, 2.24) is 14.1 Å². The first-order valence-electron chi connectivity index (χ1n) is 9.02. The molecule has 5 heteroatoms. The maximum absolute atomic E-state index is 13.5. The smallest absolute Gasteiger partial charge is 0.271 e. The zero-order valence-electron chi connectivity index (χ0n) is 15.9. The first kappa shape index (κ1) is 17.2. The lowest BCUT2D eigenvalue weighted by atomic mass is 10.1. The number of hydrogen-bond acceptors (Lipinski definition) is 3. The molecule has 0 aliphatic carbocycles. The van der Waals surface area contributed by atoms with Crippen molar-refractivity contribution in [3.8, 4) is 5.69 Å². The molecule has 0 radical (unpaired) electrons. The molecule has 0 fully saturated rings. The Kier molecular flexibility index (Phi) is 3.95. The first-order chi connectivity index (χ1) is 12.9. The van der Waals surface area contributed by atoms with Gasteiger partial charge in [-0.3, -0.25) is 14.2 Å². The van der Waals surface area contributed by atoms with Crippen molar-refractivity contribution in [3.05, 3.63) is 80.5 Å². The van der Waals surface area contributed by atoms with Gasteiger partial charge in [-0.1, -0.05) is 44.2 Å². The molecule has 4 rings (SSSR count). The van der Waals surface area contributed by atoms with Crippen LogP contribution in [-0.2, 0) is 7.05 Å². The molecule has 0 amide bonds. The second-order valence-electron chi connectivity index (χ2n) is 7.16. The summed E-state index contributed by atoms with van der Waals surface area (Å²) >= 11 is 0. The van der Waals surface area contributed by atoms with E-state index in [1.54, 1.807) is 10.6 Å². The van der Waals surface area contributed by atoms with Crippen LogP contribution in [0.4, 0.5) is 0 Å². The molecule has 136 valence electrons. The average Bonchev–Trinajstić information content (AvgIpc) is 2.66. The van der Waals surface area contributed by atoms with Gasteiger partial charge in [-0.05, 0) is 30.7 Å². The second kappa shape index (κ2) is 6.20. The van der Waals surface area contributed by atoms with Gasteiger partial charge in [0.25, 0.3) is 5.56 Å². The molecule has 27 heavy (non-hydrogen) atoms. The van der Waals surface area contributed by atoms with Crippen LogP contribution in [0.2, 0.25) is 0 Å². The summed E-state index contributed by atoms with van der Waals surface area (Å²) in [5, 5.41) is 0.656. The minimum absolute atomic E-state index is 0.0169. The van der Waals surface area contributed by atoms with E-state index in [0.29, 0.717) is 16.9 Å². The van der Waals surface area contributed by atoms with Crippen molar-refractivity contribution >= 4 is 21.9 Å². The van der Waals surface area contributed by atoms with Crippen molar-refractivity contribution in [3.63, 3.8) is 0 Å². The molecule has 0 spiro atoms. The Hall–Kier alpha value is -3.21. The number of hydrogen-bond donors (Lipinski definition) is 0. The normalized spacial score (nSPS) is 11.6. The zero-order chi connectivity index (χ0) is 19.3. The second-order valence-corrected chi connectivity index (χ2v) is 7.16. The number of rotatable bonds is 2. The summed E-state index contributed by atoms with van der Waals surface area (Å²) in [4.78, 5) is 31.5. The maximum Gasteiger partial charge on any atom is 0.271 e. The number of aromatic nitrogens is 3. The van der Waals surface area contributed by atoms with Crippen molar-refractivity contribution in [2.24, 2.45) is 7.05 Å². The van der Waals surface area contributed by atoms with E-state index in [0.717, 1.165) is 16.8 Å². The molecule has 0 saturated heterocycles. The predicted octanol–water partition coefficient (Wildman–Crippen LogP) is 3.67. The van der Waals surface area contributed by atoms with Gasteiger partial charge in [0.05, 0.1) is 11.2 Å². The summed E-state index contributed by atoms with van der Waals surface area (Å²) in [5.41, 5.74) is 2.33. The Morgan fingerprint density at radius 3 is 2.33 bits per heavy atom. The van der Waals surface area contributed by atoms with E-state index in [4.69, 9.17) is 4.98 Å². The van der Waals surface area contributed by atoms with E-state index in [9.17, 15) is 9.59 Å². The Balaban J connectivity index is 2.29. The summed E-state index contributed by atoms with van der Waals surface area (Å²) < 4.78 is 3.43. The van der Waals surface area contributed by atoms with Crippen LogP contribution in [0.15, 0.2) is 58.1 Å². The highest BCUT2D eigenvalue weighted by molar-refractivity contribution is 5.91. The van der Waals surface area contributed by atoms with Gasteiger partial charge < -0.3 is 4.57 Å². The molecule has 5 nitrogen and oxygen atoms in total. The SMILES string of the molecule is Cc1ccccc1-n1c(C(C)C)nc2c(c(=O)c3ccccc3n2C)c1=O. The monoisotopic (exact) mass is 359 g/mol. The molecule has 4 aromatic rings. The Morgan fingerprint density at radius 2 is 1.63 bits per heavy atom. The highest BCUT2D eigenvalue weighted by Gasteiger charge is 2.21. The topological polar surface area (TPSA) is 56.9 Å². The van der Waals surface area contributed by atoms with E-state index < -0.39 is 0 Å². The van der Waals surface area contributed by atoms with Crippen LogP contribution in [0.1, 0.15) is 31.2 Å². The highest BCUT2D eigenvalue weighted by Crippen LogP contribution is 2.21. The van der Waals surface area contributed by atoms with E-state index in [1.807, 2.05) is 74.9 Å². The molecule has 0 saturated carbocycles. The average molecular weight is 359 g/mol. The molecule has 2 aromatic carbocycles. The summed E-state index contributed by atoms with van der Waals surface area (Å²) in [7, 11) is 1.85. The van der Waals surface area contributed by atoms with Gasteiger partial charge in [-0.25, -0.2) is 4.98 Å². The van der Waals surface area contributed by atoms with Gasteiger partial charge in [0.1, 0.15) is 11.2 Å². The molecule has 0 N–H and O–H groups in total. The van der Waals surface area contributed by atoms with Crippen LogP contribution in [0.5, 0.6) is 0 Å². The molecule has 0 aliphatic heterocycles. The number of pyridine rings is 1. The largest absolute Gasteiger partial charge is 0.328 e. The van der Waals surface area contributed by atoms with Crippen molar-refractivity contribution in [2.45, 2.75) is 26.7 Å². The van der Waals surface area contributed by atoms with E-state index in [1.165, 1.54) is 0 Å². The predicted molar refractivity (Wildman–Crippen MR) is 109 cm³/mol. The molecule has 0 bridgehead atoms. The third-order valence-corrected chi connectivity index (χ3v) is 5.02. The molecule has 2 heterocycles. The van der Waals surface area contributed by atoms with Gasteiger partial charge in [-0.15, -0.1) is 0 Å². The zero-order valence-corrected chi connectivity index (χ0v) is 15.9. The summed E-state index contributed by atoms with van der Waals surface area (Å²) in [6.07, 6.45) is 0. The van der Waals surface area contributed by atoms with E-state index in [-0.39, 0.29) is 22.3 Å². The van der Waals surface area contributed by atoms with Crippen molar-refractivity contribution < 1.29 is 0 Å². The summed E-state index contributed by atoms with van der Waals surface area (Å²) in [6.45, 7) is 5.96. The quantitative estimate of drug-likeness (QED) is 0.513. The van der Waals surface area contributed by atoms with Gasteiger partial charge in [0.2, 0.25) is 5.43 Å². The third-order valence-electron chi connectivity index (χ3n) is 5.02. The first-order valence-corrected chi connectivity index (χ1v) is 9.02. The summed E-state index contributed by atoms with van der Waals surface area (Å²) in [5.74, 6) is 0.662. The number of fused-ring (bicyclic) bond motifs is 2. The van der Waals surface area contributed by atoms with Crippen molar-refractivity contribution in [2.75, 3.05) is 0 Å². The molecule has 0 unspecified atom stereocenters. The minimum Gasteiger partial charge on any atom is -0.328 e. The summed E-state index contributed by atoms with van der Waals surface area (Å²) in [6, 6.07) is 15.0. The van der Waals surface area contributed by atoms with Crippen LogP contribution in [0.25, 0.3) is 27.6 Å². The highest BCUT2D eigenvalue weighted by atomic mass is 16.1. The van der Waals surface area contributed by atoms with Crippen molar-refractivity contribution in [1.29, 1.82) is 0 Å². The van der Waals surface area contributed by atoms with Crippen LogP contribution >= 0.6 is 0 Å². The number of aryl methyl sites for hydroxylation is 2. The number of benzene rings is 2. The Morgan fingerprint density at radius 1 is 0.963 bits per heavy atom. The van der Waals surface area contributed by atoms with E-state index >= 15 is 0 Å². The molecule has 0 atom stereocenters. The number of para-hydroxylation sites is 2. The lowest BCUT2D eigenvalue weighted by Crippen LogP contribution is -2.30. The minimum atomic E-state index is -0.315. The molecular weight excluding hydrogens is 338 g/mol. The molecule has 0 aliphatic rings. The third kappa shape index (κ3) is 2.50. The Labute approximate surface area is 156 Å². The van der Waals surface area contributed by atoms with Crippen LogP contribution in [0, 0.1) is 6.92 Å². The number of nitrogens with zero attached hydrogens (tertiary/aromatic N) is 3. The molecule has 2 aromatic heterocycles. The fourth-order valence-corrected chi connectivity index (χ4v) is 3.61. The van der Waals surface area contributed by atoms with Gasteiger partial charge in [-0.2, -0.15) is 0 Å². The van der Waals surface area contributed by atoms with Gasteiger partial charge >= 0.3 is 0 Å². The fraction of sp³-hybridized carbons (Fsp3) is 0.227. The standard InChI is InChI=1S/C22H21N3O2/c1-13(2)20-23-21-18(19(26)15-10-6-8-12-17(15)24(21)4)22(27)25(20)16-11-7-5-9-14(16)3/h5-13H,1-4H3. The van der Waals surface area contributed by atoms with Crippen LogP contribution in [-0.4, -0.2) is 14.1 Å². The lowest BCUT2D eigenvalue weighted by molar-refractivity contribution is 0.714.